The summed E-state index contributed by atoms with van der Waals surface area (Å²) in [5.74, 6) is -3.12. The topological polar surface area (TPSA) is 175 Å². The average molecular weight is 979 g/mol. The molecule has 0 aromatic heterocycles. The van der Waals surface area contributed by atoms with Gasteiger partial charge in [-0.2, -0.15) is 0 Å². The summed E-state index contributed by atoms with van der Waals surface area (Å²) in [6, 6.07) is 0. The van der Waals surface area contributed by atoms with Crippen molar-refractivity contribution in [2.75, 3.05) is 13.2 Å². The smallest absolute Gasteiger partial charge is 0.335 e. The second-order valence-electron chi connectivity index (χ2n) is 19.6. The molecule has 1 fully saturated rings. The lowest BCUT2D eigenvalue weighted by Crippen LogP contribution is -2.61. The highest BCUT2D eigenvalue weighted by Gasteiger charge is 2.50. The molecule has 3 N–H and O–H groups in total. The second kappa shape index (κ2) is 46.3. The number of allylic oxidation sites excluding steroid dienone is 4. The van der Waals surface area contributed by atoms with Gasteiger partial charge in [-0.15, -0.1) is 0 Å². The highest BCUT2D eigenvalue weighted by atomic mass is 16.7. The molecule has 6 unspecified atom stereocenters. The Hall–Kier alpha value is -2.80. The maximum Gasteiger partial charge on any atom is 0.335 e. The molecule has 1 aliphatic heterocycles. The van der Waals surface area contributed by atoms with E-state index in [0.717, 1.165) is 83.5 Å². The maximum atomic E-state index is 13.0. The van der Waals surface area contributed by atoms with E-state index in [0.29, 0.717) is 19.3 Å². The Kier molecular flexibility index (Phi) is 43.1. The number of carbonyl (C=O) groups excluding carboxylic acids is 3. The Morgan fingerprint density at radius 3 is 1.25 bits per heavy atom. The zero-order valence-electron chi connectivity index (χ0n) is 44.1. The van der Waals surface area contributed by atoms with Crippen LogP contribution in [0.5, 0.6) is 0 Å². The standard InChI is InChI=1S/C57H102O12/c1-4-7-10-13-16-19-21-23-24-25-26-28-29-32-34-37-40-43-49(58)65-46-48(67-50(59)44-41-38-35-31-18-15-12-9-6-3)47-66-57-55(53(62)52(61)54(69-57)56(63)64)68-51(60)45-42-39-36-33-30-27-22-20-17-14-11-8-5-2/h20,22-24,48,52-55,57,61-62H,4-19,21,25-47H2,1-3H3,(H,63,64)/b22-20-,24-23-. The number of esters is 3. The van der Waals surface area contributed by atoms with Crippen LogP contribution in [0, 0.1) is 0 Å². The van der Waals surface area contributed by atoms with Gasteiger partial charge in [-0.3, -0.25) is 14.4 Å². The van der Waals surface area contributed by atoms with E-state index in [1.807, 2.05) is 0 Å². The normalized spacial score (nSPS) is 18.8. The van der Waals surface area contributed by atoms with Crippen LogP contribution in [0.2, 0.25) is 0 Å². The predicted octanol–water partition coefficient (Wildman–Crippen LogP) is 13.9. The van der Waals surface area contributed by atoms with Crippen molar-refractivity contribution in [3.8, 4) is 0 Å². The molecule has 0 radical (unpaired) electrons. The number of carbonyl (C=O) groups is 4. The first kappa shape index (κ1) is 64.2. The molecule has 1 aliphatic rings. The number of unbranched alkanes of at least 4 members (excludes halogenated alkanes) is 30. The van der Waals surface area contributed by atoms with E-state index in [2.05, 4.69) is 45.1 Å². The summed E-state index contributed by atoms with van der Waals surface area (Å²) in [6.07, 6.45) is 38.8. The van der Waals surface area contributed by atoms with Gasteiger partial charge >= 0.3 is 23.9 Å². The quantitative estimate of drug-likeness (QED) is 0.0228. The third kappa shape index (κ3) is 36.7. The minimum atomic E-state index is -1.90. The zero-order valence-corrected chi connectivity index (χ0v) is 44.1. The van der Waals surface area contributed by atoms with Crippen molar-refractivity contribution in [2.45, 2.75) is 302 Å². The molecule has 6 atom stereocenters. The Balaban J connectivity index is 2.66. The van der Waals surface area contributed by atoms with Crippen molar-refractivity contribution < 1.29 is 58.2 Å². The fourth-order valence-electron chi connectivity index (χ4n) is 8.59. The summed E-state index contributed by atoms with van der Waals surface area (Å²) in [7, 11) is 0. The van der Waals surface area contributed by atoms with E-state index in [9.17, 15) is 34.5 Å². The summed E-state index contributed by atoms with van der Waals surface area (Å²) in [4.78, 5) is 50.9. The van der Waals surface area contributed by atoms with Crippen LogP contribution in [-0.4, -0.2) is 89.2 Å². The molecule has 402 valence electrons. The number of hydrogen-bond acceptors (Lipinski definition) is 11. The molecule has 0 saturated carbocycles. The number of aliphatic hydroxyl groups excluding tert-OH is 2. The number of carboxylic acids is 1. The van der Waals surface area contributed by atoms with Crippen LogP contribution in [0.25, 0.3) is 0 Å². The van der Waals surface area contributed by atoms with Crippen LogP contribution < -0.4 is 0 Å². The first-order valence-corrected chi connectivity index (χ1v) is 28.3. The number of hydrogen-bond donors (Lipinski definition) is 3. The van der Waals surface area contributed by atoms with Gasteiger partial charge in [-0.05, 0) is 70.6 Å². The number of rotatable bonds is 48. The van der Waals surface area contributed by atoms with Crippen molar-refractivity contribution in [2.24, 2.45) is 0 Å². The van der Waals surface area contributed by atoms with Crippen molar-refractivity contribution in [1.82, 2.24) is 0 Å². The van der Waals surface area contributed by atoms with Crippen LogP contribution in [0.3, 0.4) is 0 Å². The summed E-state index contributed by atoms with van der Waals surface area (Å²) >= 11 is 0. The molecule has 1 saturated heterocycles. The first-order chi connectivity index (χ1) is 33.6. The minimum Gasteiger partial charge on any atom is -0.479 e. The lowest BCUT2D eigenvalue weighted by atomic mass is 9.98. The van der Waals surface area contributed by atoms with Gasteiger partial charge < -0.3 is 39.0 Å². The summed E-state index contributed by atoms with van der Waals surface area (Å²) in [5, 5.41) is 31.4. The molecule has 0 spiro atoms. The number of carboxylic acid groups (broad SMARTS) is 1. The molecule has 1 heterocycles. The van der Waals surface area contributed by atoms with Crippen LogP contribution in [0.1, 0.15) is 265 Å². The largest absolute Gasteiger partial charge is 0.479 e. The zero-order chi connectivity index (χ0) is 50.4. The molecule has 0 aliphatic carbocycles. The monoisotopic (exact) mass is 979 g/mol. The molecule has 0 bridgehead atoms. The molecule has 0 aromatic carbocycles. The fraction of sp³-hybridized carbons (Fsp3) is 0.860. The second-order valence-corrected chi connectivity index (χ2v) is 19.6. The molecular formula is C57H102O12. The maximum absolute atomic E-state index is 13.0. The molecule has 0 aromatic rings. The molecule has 12 nitrogen and oxygen atoms in total. The number of ether oxygens (including phenoxy) is 5. The summed E-state index contributed by atoms with van der Waals surface area (Å²) in [6.45, 7) is 5.94. The van der Waals surface area contributed by atoms with Gasteiger partial charge in [0.05, 0.1) is 6.61 Å². The van der Waals surface area contributed by atoms with Gasteiger partial charge in [0.1, 0.15) is 18.8 Å². The Labute approximate surface area is 419 Å². The third-order valence-electron chi connectivity index (χ3n) is 13.0. The van der Waals surface area contributed by atoms with Gasteiger partial charge in [-0.1, -0.05) is 199 Å². The van der Waals surface area contributed by atoms with Crippen LogP contribution in [0.4, 0.5) is 0 Å². The number of aliphatic carboxylic acids is 1. The van der Waals surface area contributed by atoms with Crippen molar-refractivity contribution in [3.63, 3.8) is 0 Å². The molecule has 1 rings (SSSR count). The Morgan fingerprint density at radius 2 is 0.826 bits per heavy atom. The third-order valence-corrected chi connectivity index (χ3v) is 13.0. The first-order valence-electron chi connectivity index (χ1n) is 28.3. The van der Waals surface area contributed by atoms with Crippen molar-refractivity contribution in [3.05, 3.63) is 24.3 Å². The molecule has 69 heavy (non-hydrogen) atoms. The lowest BCUT2D eigenvalue weighted by molar-refractivity contribution is -0.301. The predicted molar refractivity (Wildman–Crippen MR) is 276 cm³/mol. The summed E-state index contributed by atoms with van der Waals surface area (Å²) in [5.41, 5.74) is 0. The van der Waals surface area contributed by atoms with Crippen LogP contribution in [-0.2, 0) is 42.9 Å². The SMILES string of the molecule is CCCCCC/C=C\CCCCCCCC(=O)OC1C(OCC(COC(=O)CCCCCCCCC/C=C\CCCCCCCC)OC(=O)CCCCCCCCCCC)OC(C(=O)O)C(O)C1O. The Bertz CT molecular complexity index is 1300. The van der Waals surface area contributed by atoms with Gasteiger partial charge in [0, 0.05) is 19.3 Å². The number of aliphatic hydroxyl groups is 2. The van der Waals surface area contributed by atoms with Crippen molar-refractivity contribution in [1.29, 1.82) is 0 Å². The van der Waals surface area contributed by atoms with E-state index in [1.54, 1.807) is 0 Å². The lowest BCUT2D eigenvalue weighted by Gasteiger charge is -2.40. The highest BCUT2D eigenvalue weighted by Crippen LogP contribution is 2.26. The average Bonchev–Trinajstić information content (AvgIpc) is 3.33. The van der Waals surface area contributed by atoms with E-state index in [4.69, 9.17) is 23.7 Å². The molecular weight excluding hydrogens is 877 g/mol. The van der Waals surface area contributed by atoms with Crippen LogP contribution in [0.15, 0.2) is 24.3 Å². The highest BCUT2D eigenvalue weighted by molar-refractivity contribution is 5.74. The van der Waals surface area contributed by atoms with Crippen molar-refractivity contribution >= 4 is 23.9 Å². The van der Waals surface area contributed by atoms with Gasteiger partial charge in [-0.25, -0.2) is 4.79 Å². The van der Waals surface area contributed by atoms with Crippen LogP contribution >= 0.6 is 0 Å². The van der Waals surface area contributed by atoms with E-state index >= 15 is 0 Å². The van der Waals surface area contributed by atoms with Gasteiger partial charge in [0.2, 0.25) is 0 Å². The van der Waals surface area contributed by atoms with E-state index < -0.39 is 67.3 Å². The van der Waals surface area contributed by atoms with Gasteiger partial charge in [0.15, 0.2) is 24.6 Å². The molecule has 12 heteroatoms. The minimum absolute atomic E-state index is 0.0539. The van der Waals surface area contributed by atoms with E-state index in [1.165, 1.54) is 122 Å². The molecule has 0 amide bonds. The van der Waals surface area contributed by atoms with E-state index in [-0.39, 0.29) is 25.9 Å². The van der Waals surface area contributed by atoms with Gasteiger partial charge in [0.25, 0.3) is 0 Å². The Morgan fingerprint density at radius 1 is 0.464 bits per heavy atom. The fourth-order valence-corrected chi connectivity index (χ4v) is 8.59. The summed E-state index contributed by atoms with van der Waals surface area (Å²) < 4.78 is 28.3.